The van der Waals surface area contributed by atoms with Crippen LogP contribution in [0.4, 0.5) is 14.5 Å². The molecule has 0 aromatic heterocycles. The third kappa shape index (κ3) is 7.59. The summed E-state index contributed by atoms with van der Waals surface area (Å²) < 4.78 is 28.8. The predicted molar refractivity (Wildman–Crippen MR) is 178 cm³/mol. The summed E-state index contributed by atoms with van der Waals surface area (Å²) in [6, 6.07) is 3.40. The lowest BCUT2D eigenvalue weighted by atomic mass is 9.91. The van der Waals surface area contributed by atoms with Gasteiger partial charge in [-0.2, -0.15) is 0 Å². The highest BCUT2D eigenvalue weighted by Crippen LogP contribution is 2.38. The number of amides is 2. The molecule has 2 fully saturated rings. The average molecular weight is 639 g/mol. The van der Waals surface area contributed by atoms with E-state index >= 15 is 0 Å². The van der Waals surface area contributed by atoms with Crippen LogP contribution in [0.3, 0.4) is 0 Å². The number of piperidine rings is 2. The lowest BCUT2D eigenvalue weighted by molar-refractivity contribution is -0.133. The summed E-state index contributed by atoms with van der Waals surface area (Å²) in [4.78, 5) is 35.0. The molecule has 1 aromatic rings. The molecule has 0 unspecified atom stereocenters. The molecule has 5 N–H and O–H groups in total. The van der Waals surface area contributed by atoms with Crippen LogP contribution in [0.5, 0.6) is 0 Å². The molecule has 0 bridgehead atoms. The van der Waals surface area contributed by atoms with Crippen LogP contribution in [0, 0.1) is 11.3 Å². The normalized spacial score (nSPS) is 20.5. The summed E-state index contributed by atoms with van der Waals surface area (Å²) in [6.45, 7) is 6.23. The van der Waals surface area contributed by atoms with Crippen LogP contribution in [0.1, 0.15) is 75.0 Å². The topological polar surface area (TPSA) is 130 Å². The maximum Gasteiger partial charge on any atom is 0.264 e. The minimum atomic E-state index is -2.74. The minimum absolute atomic E-state index is 0.0627. The van der Waals surface area contributed by atoms with Gasteiger partial charge in [0.2, 0.25) is 11.8 Å². The Morgan fingerprint density at radius 1 is 1.11 bits per heavy atom. The van der Waals surface area contributed by atoms with Gasteiger partial charge in [-0.15, -0.1) is 0 Å². The number of hydrogen-bond acceptors (Lipinski definition) is 7. The molecule has 2 saturated heterocycles. The van der Waals surface area contributed by atoms with Crippen molar-refractivity contribution in [2.75, 3.05) is 57.8 Å². The van der Waals surface area contributed by atoms with E-state index in [1.807, 2.05) is 9.80 Å². The molecule has 0 radical (unpaired) electrons. The first-order chi connectivity index (χ1) is 22.2. The molecule has 5 rings (SSSR count). The number of nitrogens with zero attached hydrogens (tertiary/aromatic N) is 4. The fourth-order valence-corrected chi connectivity index (χ4v) is 7.21. The number of halogens is 2. The van der Waals surface area contributed by atoms with Crippen LogP contribution in [-0.2, 0) is 16.0 Å². The quantitative estimate of drug-likeness (QED) is 0.253. The number of alkyl halides is 2. The van der Waals surface area contributed by atoms with Crippen molar-refractivity contribution in [2.45, 2.75) is 70.8 Å². The number of fused-ring (bicyclic) bond motifs is 1. The number of amidine groups is 1. The average Bonchev–Trinajstić information content (AvgIpc) is 3.06. The highest BCUT2D eigenvalue weighted by Gasteiger charge is 2.32. The van der Waals surface area contributed by atoms with Crippen molar-refractivity contribution < 1.29 is 18.4 Å². The molecular weight excluding hydrogens is 590 g/mol. The summed E-state index contributed by atoms with van der Waals surface area (Å²) in [6.07, 6.45) is 6.39. The van der Waals surface area contributed by atoms with Crippen LogP contribution in [-0.4, -0.2) is 92.6 Å². The first-order valence-electron chi connectivity index (χ1n) is 16.6. The van der Waals surface area contributed by atoms with E-state index in [9.17, 15) is 23.8 Å². The molecule has 4 aliphatic rings. The van der Waals surface area contributed by atoms with Crippen LogP contribution in [0.25, 0.3) is 5.57 Å². The Morgan fingerprint density at radius 2 is 1.85 bits per heavy atom. The lowest BCUT2D eigenvalue weighted by Gasteiger charge is -2.39. The summed E-state index contributed by atoms with van der Waals surface area (Å²) in [7, 11) is 1.57. The van der Waals surface area contributed by atoms with Gasteiger partial charge < -0.3 is 31.1 Å². The third-order valence-electron chi connectivity index (χ3n) is 9.86. The number of carbonyl (C=O) groups is 2. The molecule has 12 heteroatoms. The molecule has 10 nitrogen and oxygen atoms in total. The van der Waals surface area contributed by atoms with E-state index < -0.39 is 6.43 Å². The number of nitrogens with one attached hydrogen (secondary N) is 3. The van der Waals surface area contributed by atoms with Crippen LogP contribution in [0.2, 0.25) is 0 Å². The number of carbonyl (C=O) groups excluding carboxylic acids is 2. The monoisotopic (exact) mass is 638 g/mol. The molecule has 1 aromatic carbocycles. The number of nitrogens with two attached hydrogens (primary N) is 1. The standard InChI is InChI=1S/C34H48F2N8O2/c1-22(45)43-15-9-30(41-26-7-13-42(14-8-26)32(46)16-23-5-10-40-11-6-23)29(21-43)34(38)44-12-3-4-24-17-27(25(19-37)20-39-2)28(33(35)36)18-31(24)44/h17-20,23,26,33,38,40-41H,3-16,21,37H2,1-2H3. The molecule has 250 valence electrons. The van der Waals surface area contributed by atoms with E-state index in [1.54, 1.807) is 18.0 Å². The maximum atomic E-state index is 14.4. The van der Waals surface area contributed by atoms with Gasteiger partial charge in [0.25, 0.3) is 6.43 Å². The second-order valence-corrected chi connectivity index (χ2v) is 12.8. The maximum absolute atomic E-state index is 14.4. The molecule has 4 aliphatic heterocycles. The zero-order valence-electron chi connectivity index (χ0n) is 27.1. The number of likely N-dealkylation sites (tertiary alicyclic amines) is 1. The van der Waals surface area contributed by atoms with Gasteiger partial charge in [0, 0.05) is 99.5 Å². The smallest absolute Gasteiger partial charge is 0.264 e. The Bertz CT molecular complexity index is 1390. The number of hydrogen-bond donors (Lipinski definition) is 4. The fraction of sp³-hybridized carbons (Fsp3) is 0.588. The zero-order valence-corrected chi connectivity index (χ0v) is 27.1. The Morgan fingerprint density at radius 3 is 2.50 bits per heavy atom. The largest absolute Gasteiger partial charge is 0.404 e. The molecular formula is C34H48F2N8O2. The lowest BCUT2D eigenvalue weighted by Crippen LogP contribution is -2.48. The highest BCUT2D eigenvalue weighted by atomic mass is 19.3. The predicted octanol–water partition coefficient (Wildman–Crippen LogP) is 3.83. The van der Waals surface area contributed by atoms with E-state index in [2.05, 4.69) is 15.6 Å². The summed E-state index contributed by atoms with van der Waals surface area (Å²) >= 11 is 0. The van der Waals surface area contributed by atoms with Crippen molar-refractivity contribution in [3.63, 3.8) is 0 Å². The van der Waals surface area contributed by atoms with Crippen molar-refractivity contribution in [2.24, 2.45) is 16.6 Å². The number of allylic oxidation sites excluding steroid dienone is 1. The molecule has 0 spiro atoms. The van der Waals surface area contributed by atoms with E-state index in [4.69, 9.17) is 5.73 Å². The van der Waals surface area contributed by atoms with Crippen LogP contribution >= 0.6 is 0 Å². The van der Waals surface area contributed by atoms with Gasteiger partial charge in [-0.1, -0.05) is 0 Å². The van der Waals surface area contributed by atoms with E-state index in [-0.39, 0.29) is 35.8 Å². The molecule has 46 heavy (non-hydrogen) atoms. The number of aliphatic imine (C=N–C) groups is 1. The first kappa shape index (κ1) is 33.6. The Labute approximate surface area is 270 Å². The third-order valence-corrected chi connectivity index (χ3v) is 9.86. The van der Waals surface area contributed by atoms with Crippen LogP contribution < -0.4 is 21.3 Å². The van der Waals surface area contributed by atoms with Gasteiger partial charge in [0.1, 0.15) is 5.84 Å². The van der Waals surface area contributed by atoms with Gasteiger partial charge >= 0.3 is 0 Å². The fourth-order valence-electron chi connectivity index (χ4n) is 7.21. The second kappa shape index (κ2) is 15.2. The van der Waals surface area contributed by atoms with Crippen LogP contribution in [0.15, 0.2) is 34.6 Å². The molecule has 4 heterocycles. The summed E-state index contributed by atoms with van der Waals surface area (Å²) in [5.41, 5.74) is 9.50. The van der Waals surface area contributed by atoms with Gasteiger partial charge in [-0.05, 0) is 80.8 Å². The Balaban J connectivity index is 1.36. The van der Waals surface area contributed by atoms with Gasteiger partial charge in [-0.25, -0.2) is 8.78 Å². The van der Waals surface area contributed by atoms with Gasteiger partial charge in [-0.3, -0.25) is 20.0 Å². The molecule has 0 saturated carbocycles. The van der Waals surface area contributed by atoms with Gasteiger partial charge in [0.15, 0.2) is 0 Å². The second-order valence-electron chi connectivity index (χ2n) is 12.8. The van der Waals surface area contributed by atoms with Crippen molar-refractivity contribution >= 4 is 35.1 Å². The van der Waals surface area contributed by atoms with E-state index in [0.29, 0.717) is 73.8 Å². The number of anilines is 1. The summed E-state index contributed by atoms with van der Waals surface area (Å²) in [5.74, 6) is 0.865. The first-order valence-corrected chi connectivity index (χ1v) is 16.6. The Kier molecular flexibility index (Phi) is 11.1. The number of rotatable bonds is 8. The molecule has 0 atom stereocenters. The number of aryl methyl sites for hydroxylation is 1. The van der Waals surface area contributed by atoms with Crippen molar-refractivity contribution in [1.29, 1.82) is 5.41 Å². The van der Waals surface area contributed by atoms with Crippen molar-refractivity contribution in [1.82, 2.24) is 20.4 Å². The van der Waals surface area contributed by atoms with Crippen molar-refractivity contribution in [3.8, 4) is 0 Å². The molecule has 0 aliphatic carbocycles. The zero-order chi connectivity index (χ0) is 32.8. The SMILES string of the molecule is CN=CC(=CN)c1cc2c(cc1C(F)F)N(C(=N)C1=C(NC3CCN(C(=O)CC4CCNCC4)CC3)CCN(C(C)=O)C1)CCC2. The van der Waals surface area contributed by atoms with Crippen molar-refractivity contribution in [3.05, 3.63) is 46.3 Å². The number of benzene rings is 1. The van der Waals surface area contributed by atoms with Gasteiger partial charge in [0.05, 0.1) is 6.54 Å². The van der Waals surface area contributed by atoms with E-state index in [1.165, 1.54) is 25.4 Å². The molecule has 2 amide bonds. The summed E-state index contributed by atoms with van der Waals surface area (Å²) in [5, 5.41) is 16.5. The van der Waals surface area contributed by atoms with E-state index in [0.717, 1.165) is 56.5 Å². The highest BCUT2D eigenvalue weighted by molar-refractivity contribution is 6.12. The minimum Gasteiger partial charge on any atom is -0.404 e. The Hall–Kier alpha value is -3.80.